The van der Waals surface area contributed by atoms with Gasteiger partial charge in [-0.3, -0.25) is 0 Å². The molecule has 0 aliphatic heterocycles. The number of rotatable bonds is 3. The summed E-state index contributed by atoms with van der Waals surface area (Å²) in [7, 11) is 0. The second kappa shape index (κ2) is 6.12. The molecule has 94 valence electrons. The highest BCUT2D eigenvalue weighted by atomic mass is 35.5. The molecule has 0 bridgehead atoms. The third-order valence-corrected chi connectivity index (χ3v) is 5.16. The van der Waals surface area contributed by atoms with Crippen LogP contribution in [0.5, 0.6) is 0 Å². The first-order valence-electron chi connectivity index (χ1n) is 6.25. The van der Waals surface area contributed by atoms with Gasteiger partial charge in [0.2, 0.25) is 0 Å². The van der Waals surface area contributed by atoms with Crippen LogP contribution in [-0.4, -0.2) is 10.4 Å². The maximum Gasteiger partial charge on any atom is 0.0682 e. The topological polar surface area (TPSA) is 20.2 Å². The van der Waals surface area contributed by atoms with Crippen molar-refractivity contribution in [3.05, 3.63) is 28.8 Å². The summed E-state index contributed by atoms with van der Waals surface area (Å²) in [5, 5.41) is 10.5. The Morgan fingerprint density at radius 3 is 2.88 bits per heavy atom. The Morgan fingerprint density at radius 1 is 1.41 bits per heavy atom. The van der Waals surface area contributed by atoms with Crippen LogP contribution in [0, 0.1) is 5.92 Å². The van der Waals surface area contributed by atoms with Crippen molar-refractivity contribution in [2.24, 2.45) is 5.92 Å². The molecule has 1 aliphatic carbocycles. The minimum Gasteiger partial charge on any atom is -0.392 e. The number of hydrogen-bond donors (Lipinski definition) is 1. The summed E-state index contributed by atoms with van der Waals surface area (Å²) < 4.78 is 0. The molecule has 0 saturated heterocycles. The molecule has 0 amide bonds. The first-order chi connectivity index (χ1) is 8.19. The molecule has 0 aromatic heterocycles. The quantitative estimate of drug-likeness (QED) is 0.872. The van der Waals surface area contributed by atoms with E-state index in [4.69, 9.17) is 16.7 Å². The number of hydrogen-bond acceptors (Lipinski definition) is 2. The molecule has 2 atom stereocenters. The summed E-state index contributed by atoms with van der Waals surface area (Å²) in [5.41, 5.74) is 0.886. The Balaban J connectivity index is 2.02. The van der Waals surface area contributed by atoms with Crippen molar-refractivity contribution in [1.82, 2.24) is 0 Å². The van der Waals surface area contributed by atoms with Gasteiger partial charge in [-0.15, -0.1) is 11.8 Å². The molecule has 1 aliphatic rings. The average Bonchev–Trinajstić information content (AvgIpc) is 2.32. The van der Waals surface area contributed by atoms with E-state index in [1.54, 1.807) is 0 Å². The van der Waals surface area contributed by atoms with Gasteiger partial charge in [-0.1, -0.05) is 37.4 Å². The lowest BCUT2D eigenvalue weighted by atomic mass is 9.91. The fourth-order valence-electron chi connectivity index (χ4n) is 2.40. The first-order valence-corrected chi connectivity index (χ1v) is 7.50. The number of thioether (sulfide) groups is 1. The van der Waals surface area contributed by atoms with Crippen molar-refractivity contribution in [2.45, 2.75) is 49.4 Å². The Kier molecular flexibility index (Phi) is 4.78. The lowest BCUT2D eigenvalue weighted by Gasteiger charge is -2.26. The van der Waals surface area contributed by atoms with E-state index in [0.717, 1.165) is 21.4 Å². The second-order valence-corrected chi connectivity index (χ2v) is 6.68. The van der Waals surface area contributed by atoms with E-state index in [1.807, 2.05) is 30.0 Å². The van der Waals surface area contributed by atoms with E-state index in [9.17, 15) is 0 Å². The van der Waals surface area contributed by atoms with Gasteiger partial charge in [0.05, 0.1) is 11.6 Å². The average molecular weight is 271 g/mol. The molecule has 2 unspecified atom stereocenters. The summed E-state index contributed by atoms with van der Waals surface area (Å²) in [6, 6.07) is 5.87. The van der Waals surface area contributed by atoms with Crippen molar-refractivity contribution >= 4 is 23.4 Å². The predicted octanol–water partition coefficient (Wildman–Crippen LogP) is 4.50. The fraction of sp³-hybridized carbons (Fsp3) is 0.571. The van der Waals surface area contributed by atoms with Crippen LogP contribution in [-0.2, 0) is 6.61 Å². The van der Waals surface area contributed by atoms with Crippen LogP contribution in [0.3, 0.4) is 0 Å². The molecule has 1 saturated carbocycles. The van der Waals surface area contributed by atoms with E-state index in [-0.39, 0.29) is 6.61 Å². The van der Waals surface area contributed by atoms with Crippen LogP contribution < -0.4 is 0 Å². The van der Waals surface area contributed by atoms with Gasteiger partial charge in [-0.25, -0.2) is 0 Å². The summed E-state index contributed by atoms with van der Waals surface area (Å²) in [6.07, 6.45) is 5.30. The maximum atomic E-state index is 9.04. The molecule has 1 N–H and O–H groups in total. The van der Waals surface area contributed by atoms with Gasteiger partial charge in [0, 0.05) is 10.1 Å². The van der Waals surface area contributed by atoms with E-state index in [0.29, 0.717) is 5.25 Å². The highest BCUT2D eigenvalue weighted by molar-refractivity contribution is 8.00. The lowest BCUT2D eigenvalue weighted by Crippen LogP contribution is -2.14. The molecule has 1 nitrogen and oxygen atoms in total. The Labute approximate surface area is 113 Å². The summed E-state index contributed by atoms with van der Waals surface area (Å²) >= 11 is 8.13. The zero-order valence-electron chi connectivity index (χ0n) is 10.2. The van der Waals surface area contributed by atoms with Gasteiger partial charge >= 0.3 is 0 Å². The molecule has 0 radical (unpaired) electrons. The van der Waals surface area contributed by atoms with Crippen LogP contribution >= 0.6 is 23.4 Å². The summed E-state index contributed by atoms with van der Waals surface area (Å²) in [4.78, 5) is 1.16. The molecular weight excluding hydrogens is 252 g/mol. The Morgan fingerprint density at radius 2 is 2.24 bits per heavy atom. The van der Waals surface area contributed by atoms with E-state index >= 15 is 0 Å². The van der Waals surface area contributed by atoms with E-state index in [1.165, 1.54) is 25.7 Å². The zero-order valence-corrected chi connectivity index (χ0v) is 11.7. The van der Waals surface area contributed by atoms with E-state index < -0.39 is 0 Å². The van der Waals surface area contributed by atoms with Crippen LogP contribution in [0.2, 0.25) is 5.02 Å². The van der Waals surface area contributed by atoms with Crippen LogP contribution in [0.25, 0.3) is 0 Å². The molecule has 1 aromatic rings. The van der Waals surface area contributed by atoms with Crippen molar-refractivity contribution < 1.29 is 5.11 Å². The predicted molar refractivity (Wildman–Crippen MR) is 74.7 cm³/mol. The first kappa shape index (κ1) is 13.3. The van der Waals surface area contributed by atoms with Crippen LogP contribution in [0.4, 0.5) is 0 Å². The van der Waals surface area contributed by atoms with Crippen LogP contribution in [0.15, 0.2) is 23.1 Å². The summed E-state index contributed by atoms with van der Waals surface area (Å²) in [6.45, 7) is 2.40. The second-order valence-electron chi connectivity index (χ2n) is 4.93. The highest BCUT2D eigenvalue weighted by Crippen LogP contribution is 2.38. The molecule has 1 fully saturated rings. The fourth-order valence-corrected chi connectivity index (χ4v) is 4.13. The number of aliphatic hydroxyl groups excluding tert-OH is 1. The smallest absolute Gasteiger partial charge is 0.0682 e. The molecule has 3 heteroatoms. The van der Waals surface area contributed by atoms with Crippen molar-refractivity contribution in [2.75, 3.05) is 0 Å². The standard InChI is InChI=1S/C14H19ClOS/c1-10-3-2-4-12(7-10)17-14-6-5-11(9-16)8-13(14)15/h5-6,8,10,12,16H,2-4,7,9H2,1H3. The molecule has 17 heavy (non-hydrogen) atoms. The highest BCUT2D eigenvalue weighted by Gasteiger charge is 2.20. The molecule has 0 spiro atoms. The monoisotopic (exact) mass is 270 g/mol. The molecule has 2 rings (SSSR count). The number of aliphatic hydroxyl groups is 1. The lowest BCUT2D eigenvalue weighted by molar-refractivity contribution is 0.282. The summed E-state index contributed by atoms with van der Waals surface area (Å²) in [5.74, 6) is 0.844. The molecule has 0 heterocycles. The number of benzene rings is 1. The van der Waals surface area contributed by atoms with Gasteiger partial charge < -0.3 is 5.11 Å². The van der Waals surface area contributed by atoms with Crippen LogP contribution in [0.1, 0.15) is 38.2 Å². The van der Waals surface area contributed by atoms with Crippen molar-refractivity contribution in [3.63, 3.8) is 0 Å². The SMILES string of the molecule is CC1CCCC(Sc2ccc(CO)cc2Cl)C1. The minimum absolute atomic E-state index is 0.0606. The normalized spacial score (nSPS) is 24.9. The molecule has 1 aromatic carbocycles. The third-order valence-electron chi connectivity index (χ3n) is 3.36. The number of halogens is 1. The van der Waals surface area contributed by atoms with Crippen molar-refractivity contribution in [3.8, 4) is 0 Å². The Hall–Kier alpha value is -0.180. The van der Waals surface area contributed by atoms with Gasteiger partial charge in [0.25, 0.3) is 0 Å². The largest absolute Gasteiger partial charge is 0.392 e. The van der Waals surface area contributed by atoms with Gasteiger partial charge in [0.1, 0.15) is 0 Å². The van der Waals surface area contributed by atoms with Crippen molar-refractivity contribution in [1.29, 1.82) is 0 Å². The third kappa shape index (κ3) is 3.64. The van der Waals surface area contributed by atoms with Gasteiger partial charge in [0.15, 0.2) is 0 Å². The van der Waals surface area contributed by atoms with E-state index in [2.05, 4.69) is 6.92 Å². The minimum atomic E-state index is 0.0606. The van der Waals surface area contributed by atoms with Gasteiger partial charge in [-0.2, -0.15) is 0 Å². The maximum absolute atomic E-state index is 9.04. The molecular formula is C14H19ClOS. The Bertz CT molecular complexity index is 380. The van der Waals surface area contributed by atoms with Gasteiger partial charge in [-0.05, 0) is 36.5 Å². The zero-order chi connectivity index (χ0) is 12.3.